The van der Waals surface area contributed by atoms with Gasteiger partial charge in [-0.05, 0) is 55.8 Å². The Bertz CT molecular complexity index is 943. The van der Waals surface area contributed by atoms with E-state index in [0.717, 1.165) is 16.8 Å². The van der Waals surface area contributed by atoms with Crippen molar-refractivity contribution in [3.05, 3.63) is 65.8 Å². The Morgan fingerprint density at radius 2 is 1.62 bits per heavy atom. The van der Waals surface area contributed by atoms with Crippen molar-refractivity contribution >= 4 is 15.7 Å². The molecule has 0 atom stereocenters. The average Bonchev–Trinajstić information content (AvgIpc) is 2.88. The second-order valence-corrected chi connectivity index (χ2v) is 7.02. The summed E-state index contributed by atoms with van der Waals surface area (Å²) in [5.74, 6) is 0.245. The molecular formula is C17H15FN2O3S. The molecule has 0 bridgehead atoms. The van der Waals surface area contributed by atoms with E-state index >= 15 is 0 Å². The first kappa shape index (κ1) is 16.2. The molecule has 124 valence electrons. The summed E-state index contributed by atoms with van der Waals surface area (Å²) in [6, 6.07) is 11.5. The van der Waals surface area contributed by atoms with Crippen molar-refractivity contribution in [2.45, 2.75) is 18.7 Å². The summed E-state index contributed by atoms with van der Waals surface area (Å²) in [5, 5.41) is 3.89. The van der Waals surface area contributed by atoms with E-state index in [-0.39, 0.29) is 4.90 Å². The number of hydrogen-bond donors (Lipinski definition) is 1. The average molecular weight is 346 g/mol. The van der Waals surface area contributed by atoms with E-state index in [2.05, 4.69) is 9.88 Å². The van der Waals surface area contributed by atoms with Crippen LogP contribution in [0.15, 0.2) is 57.9 Å². The number of benzene rings is 2. The second-order valence-electron chi connectivity index (χ2n) is 5.34. The van der Waals surface area contributed by atoms with Gasteiger partial charge in [-0.2, -0.15) is 0 Å². The summed E-state index contributed by atoms with van der Waals surface area (Å²) in [4.78, 5) is 0.113. The Morgan fingerprint density at radius 1 is 1.00 bits per heavy atom. The minimum atomic E-state index is -3.74. The number of sulfonamides is 1. The van der Waals surface area contributed by atoms with E-state index in [1.165, 1.54) is 36.4 Å². The van der Waals surface area contributed by atoms with Gasteiger partial charge in [0.15, 0.2) is 0 Å². The lowest BCUT2D eigenvalue weighted by Gasteiger charge is -2.09. The van der Waals surface area contributed by atoms with Gasteiger partial charge in [0.05, 0.1) is 10.6 Å². The predicted octanol–water partition coefficient (Wildman–Crippen LogP) is 3.90. The Kier molecular flexibility index (Phi) is 4.11. The van der Waals surface area contributed by atoms with Crippen molar-refractivity contribution in [2.75, 3.05) is 4.72 Å². The van der Waals surface area contributed by atoms with E-state index in [4.69, 9.17) is 4.52 Å². The minimum absolute atomic E-state index is 0.113. The van der Waals surface area contributed by atoms with Crippen LogP contribution >= 0.6 is 0 Å². The third kappa shape index (κ3) is 3.16. The van der Waals surface area contributed by atoms with Crippen LogP contribution in [0.5, 0.6) is 0 Å². The zero-order valence-electron chi connectivity index (χ0n) is 13.1. The molecule has 3 rings (SSSR count). The van der Waals surface area contributed by atoms with Crippen LogP contribution in [0.2, 0.25) is 0 Å². The number of aromatic nitrogens is 1. The van der Waals surface area contributed by atoms with E-state index in [0.29, 0.717) is 11.4 Å². The van der Waals surface area contributed by atoms with E-state index in [1.54, 1.807) is 19.1 Å². The van der Waals surface area contributed by atoms with Crippen LogP contribution < -0.4 is 4.72 Å². The van der Waals surface area contributed by atoms with Gasteiger partial charge in [0.25, 0.3) is 10.0 Å². The lowest BCUT2D eigenvalue weighted by Crippen LogP contribution is -2.12. The van der Waals surface area contributed by atoms with Crippen LogP contribution in [-0.4, -0.2) is 13.6 Å². The highest BCUT2D eigenvalue weighted by molar-refractivity contribution is 7.92. The first-order valence-electron chi connectivity index (χ1n) is 7.18. The number of aryl methyl sites for hydroxylation is 2. The molecule has 5 nitrogen and oxygen atoms in total. The fourth-order valence-electron chi connectivity index (χ4n) is 2.43. The number of hydrogen-bond acceptors (Lipinski definition) is 4. The van der Waals surface area contributed by atoms with Crippen molar-refractivity contribution in [3.63, 3.8) is 0 Å². The third-order valence-electron chi connectivity index (χ3n) is 3.58. The number of nitrogens with one attached hydrogen (secondary N) is 1. The first-order chi connectivity index (χ1) is 11.4. The molecule has 1 N–H and O–H groups in total. The Hall–Kier alpha value is -2.67. The number of rotatable bonds is 4. The zero-order valence-corrected chi connectivity index (χ0v) is 13.9. The fraction of sp³-hybridized carbons (Fsp3) is 0.118. The topological polar surface area (TPSA) is 72.2 Å². The fourth-order valence-corrected chi connectivity index (χ4v) is 3.49. The predicted molar refractivity (Wildman–Crippen MR) is 88.6 cm³/mol. The lowest BCUT2D eigenvalue weighted by atomic mass is 10.0. The molecule has 3 aromatic rings. The maximum Gasteiger partial charge on any atom is 0.261 e. The first-order valence-corrected chi connectivity index (χ1v) is 8.67. The van der Waals surface area contributed by atoms with Crippen molar-refractivity contribution in [2.24, 2.45) is 0 Å². The van der Waals surface area contributed by atoms with Crippen LogP contribution in [0, 0.1) is 19.7 Å². The summed E-state index contributed by atoms with van der Waals surface area (Å²) < 4.78 is 45.2. The molecule has 0 radical (unpaired) electrons. The monoisotopic (exact) mass is 346 g/mol. The molecule has 0 saturated carbocycles. The summed E-state index contributed by atoms with van der Waals surface area (Å²) >= 11 is 0. The number of nitrogens with zero attached hydrogens (tertiary/aromatic N) is 1. The summed E-state index contributed by atoms with van der Waals surface area (Å²) in [6.45, 7) is 3.63. The highest BCUT2D eigenvalue weighted by Gasteiger charge is 2.16. The summed E-state index contributed by atoms with van der Waals surface area (Å²) in [5.41, 5.74) is 2.72. The van der Waals surface area contributed by atoms with Crippen LogP contribution in [0.4, 0.5) is 10.1 Å². The van der Waals surface area contributed by atoms with Gasteiger partial charge >= 0.3 is 0 Å². The Balaban J connectivity index is 1.88. The molecule has 0 aliphatic rings. The zero-order chi connectivity index (χ0) is 17.3. The third-order valence-corrected chi connectivity index (χ3v) is 4.98. The molecule has 1 heterocycles. The SMILES string of the molecule is Cc1noc(C)c1-c1ccc(S(=O)(=O)Nc2ccc(F)cc2)cc1. The van der Waals surface area contributed by atoms with Gasteiger partial charge in [0.2, 0.25) is 0 Å². The molecule has 7 heteroatoms. The van der Waals surface area contributed by atoms with Gasteiger partial charge in [-0.1, -0.05) is 17.3 Å². The quantitative estimate of drug-likeness (QED) is 0.778. The van der Waals surface area contributed by atoms with Crippen LogP contribution in [-0.2, 0) is 10.0 Å². The van der Waals surface area contributed by atoms with Gasteiger partial charge < -0.3 is 4.52 Å². The van der Waals surface area contributed by atoms with Crippen molar-refractivity contribution in [1.29, 1.82) is 0 Å². The summed E-state index contributed by atoms with van der Waals surface area (Å²) in [7, 11) is -3.74. The smallest absolute Gasteiger partial charge is 0.261 e. The molecule has 0 aliphatic heterocycles. The van der Waals surface area contributed by atoms with Crippen LogP contribution in [0.1, 0.15) is 11.5 Å². The van der Waals surface area contributed by atoms with Gasteiger partial charge in [-0.15, -0.1) is 0 Å². The molecule has 2 aromatic carbocycles. The van der Waals surface area contributed by atoms with Crippen molar-refractivity contribution < 1.29 is 17.3 Å². The molecule has 0 spiro atoms. The highest BCUT2D eigenvalue weighted by Crippen LogP contribution is 2.28. The maximum absolute atomic E-state index is 12.9. The van der Waals surface area contributed by atoms with Crippen LogP contribution in [0.3, 0.4) is 0 Å². The van der Waals surface area contributed by atoms with E-state index < -0.39 is 15.8 Å². The van der Waals surface area contributed by atoms with Gasteiger partial charge in [0, 0.05) is 11.3 Å². The van der Waals surface area contributed by atoms with E-state index in [1.807, 2.05) is 6.92 Å². The standard InChI is InChI=1S/C17H15FN2O3S/c1-11-17(12(2)23-19-11)13-3-9-16(10-4-13)24(21,22)20-15-7-5-14(18)6-8-15/h3-10,20H,1-2H3. The largest absolute Gasteiger partial charge is 0.361 e. The van der Waals surface area contributed by atoms with E-state index in [9.17, 15) is 12.8 Å². The van der Waals surface area contributed by atoms with Crippen molar-refractivity contribution in [3.8, 4) is 11.1 Å². The molecular weight excluding hydrogens is 331 g/mol. The van der Waals surface area contributed by atoms with Gasteiger partial charge in [0.1, 0.15) is 11.6 Å². The van der Waals surface area contributed by atoms with Crippen LogP contribution in [0.25, 0.3) is 11.1 Å². The molecule has 0 saturated heterocycles. The summed E-state index contributed by atoms with van der Waals surface area (Å²) in [6.07, 6.45) is 0. The molecule has 1 aromatic heterocycles. The second kappa shape index (κ2) is 6.09. The molecule has 24 heavy (non-hydrogen) atoms. The Labute approximate surface area is 139 Å². The molecule has 0 unspecified atom stereocenters. The van der Waals surface area contributed by atoms with Gasteiger partial charge in [-0.3, -0.25) is 4.72 Å². The Morgan fingerprint density at radius 3 is 2.17 bits per heavy atom. The number of halogens is 1. The minimum Gasteiger partial charge on any atom is -0.361 e. The molecule has 0 amide bonds. The number of anilines is 1. The molecule has 0 fully saturated rings. The lowest BCUT2D eigenvalue weighted by molar-refractivity contribution is 0.393. The highest BCUT2D eigenvalue weighted by atomic mass is 32.2. The normalized spacial score (nSPS) is 11.5. The van der Waals surface area contributed by atoms with Gasteiger partial charge in [-0.25, -0.2) is 12.8 Å². The maximum atomic E-state index is 12.9. The van der Waals surface area contributed by atoms with Crippen molar-refractivity contribution in [1.82, 2.24) is 5.16 Å². The molecule has 0 aliphatic carbocycles.